The molecule has 0 spiro atoms. The number of hydrogen-bond acceptors (Lipinski definition) is 6. The van der Waals surface area contributed by atoms with Crippen LogP contribution < -0.4 is 5.32 Å². The van der Waals surface area contributed by atoms with E-state index in [1.165, 1.54) is 18.3 Å². The second-order valence-corrected chi connectivity index (χ2v) is 7.93. The molecule has 0 saturated heterocycles. The number of halogens is 4. The fourth-order valence-corrected chi connectivity index (χ4v) is 4.13. The summed E-state index contributed by atoms with van der Waals surface area (Å²) in [6.07, 6.45) is -4.23. The van der Waals surface area contributed by atoms with Crippen LogP contribution in [-0.4, -0.2) is 35.4 Å². The van der Waals surface area contributed by atoms with E-state index in [4.69, 9.17) is 0 Å². The smallest absolute Gasteiger partial charge is 0.280 e. The van der Waals surface area contributed by atoms with Crippen molar-refractivity contribution in [3.63, 3.8) is 0 Å². The van der Waals surface area contributed by atoms with Crippen LogP contribution in [0.5, 0.6) is 0 Å². The highest BCUT2D eigenvalue weighted by Crippen LogP contribution is 2.32. The number of pyridine rings is 1. The molecule has 0 aliphatic heterocycles. The van der Waals surface area contributed by atoms with Crippen LogP contribution in [0.3, 0.4) is 0 Å². The zero-order chi connectivity index (χ0) is 23.2. The minimum absolute atomic E-state index is 0.0409. The molecule has 0 saturated carbocycles. The van der Waals surface area contributed by atoms with Gasteiger partial charge in [0, 0.05) is 29.8 Å². The first-order valence-corrected chi connectivity index (χ1v) is 10.2. The lowest BCUT2D eigenvalue weighted by Crippen LogP contribution is -2.20. The number of carbonyl (C=O) groups excluding carboxylic acids is 1. The topological polar surface area (TPSA) is 90.5 Å². The summed E-state index contributed by atoms with van der Waals surface area (Å²) in [4.78, 5) is 20.7. The Labute approximate surface area is 182 Å². The van der Waals surface area contributed by atoms with Crippen molar-refractivity contribution in [3.05, 3.63) is 40.3 Å². The van der Waals surface area contributed by atoms with Gasteiger partial charge in [0.2, 0.25) is 5.91 Å². The fourth-order valence-electron chi connectivity index (χ4n) is 3.40. The van der Waals surface area contributed by atoms with E-state index >= 15 is 0 Å². The van der Waals surface area contributed by atoms with Crippen molar-refractivity contribution in [1.29, 1.82) is 0 Å². The van der Waals surface area contributed by atoms with Gasteiger partial charge < -0.3 is 5.32 Å². The van der Waals surface area contributed by atoms with Gasteiger partial charge in [-0.2, -0.15) is 10.2 Å². The van der Waals surface area contributed by atoms with Crippen LogP contribution in [0.1, 0.15) is 35.5 Å². The molecule has 0 unspecified atom stereocenters. The van der Waals surface area contributed by atoms with Crippen molar-refractivity contribution in [3.8, 4) is 11.3 Å². The van der Waals surface area contributed by atoms with Crippen LogP contribution in [-0.2, 0) is 18.4 Å². The first-order valence-electron chi connectivity index (χ1n) is 9.34. The number of hydrogen-bond donors (Lipinski definition) is 1. The molecule has 1 amide bonds. The number of anilines is 1. The van der Waals surface area contributed by atoms with Crippen LogP contribution in [0, 0.1) is 13.8 Å². The number of fused-ring (bicyclic) bond motifs is 1. The van der Waals surface area contributed by atoms with Crippen molar-refractivity contribution < 1.29 is 22.4 Å². The molecule has 32 heavy (non-hydrogen) atoms. The van der Waals surface area contributed by atoms with Gasteiger partial charge in [0.15, 0.2) is 10.8 Å². The minimum atomic E-state index is -3.04. The standard InChI is InChI=1S/C19H17F4N7OS/c1-8-11(5-29(3)27-8)13-7-32-19(25-13)26-14(31)6-30-18-15(9(2)28-30)10(16(20)21)4-12(24-18)17(22)23/h4-5,7,16-17H,6H2,1-3H3,(H,25,26,31). The van der Waals surface area contributed by atoms with Crippen molar-refractivity contribution in [2.45, 2.75) is 33.2 Å². The van der Waals surface area contributed by atoms with Crippen LogP contribution in [0.25, 0.3) is 22.3 Å². The lowest BCUT2D eigenvalue weighted by molar-refractivity contribution is -0.116. The molecular weight excluding hydrogens is 450 g/mol. The molecular formula is C19H17F4N7OS. The Bertz CT molecular complexity index is 1310. The summed E-state index contributed by atoms with van der Waals surface area (Å²) in [6.45, 7) is 2.88. The molecule has 0 aromatic carbocycles. The van der Waals surface area contributed by atoms with E-state index in [1.807, 2.05) is 13.1 Å². The highest BCUT2D eigenvalue weighted by atomic mass is 32.1. The second-order valence-electron chi connectivity index (χ2n) is 7.07. The Balaban J connectivity index is 1.60. The largest absolute Gasteiger partial charge is 0.300 e. The first-order chi connectivity index (χ1) is 15.1. The number of nitrogens with one attached hydrogen (secondary N) is 1. The monoisotopic (exact) mass is 467 g/mol. The lowest BCUT2D eigenvalue weighted by atomic mass is 10.1. The first kappa shape index (κ1) is 21.9. The van der Waals surface area contributed by atoms with Crippen LogP contribution in [0.4, 0.5) is 22.7 Å². The Hall–Kier alpha value is -3.35. The van der Waals surface area contributed by atoms with Gasteiger partial charge in [-0.05, 0) is 19.9 Å². The van der Waals surface area contributed by atoms with Crippen molar-refractivity contribution in [1.82, 2.24) is 29.5 Å². The third kappa shape index (κ3) is 4.07. The predicted octanol–water partition coefficient (Wildman–Crippen LogP) is 4.42. The highest BCUT2D eigenvalue weighted by molar-refractivity contribution is 7.14. The molecule has 0 bridgehead atoms. The number of aromatic nitrogens is 6. The van der Waals surface area contributed by atoms with Crippen molar-refractivity contribution in [2.24, 2.45) is 7.05 Å². The van der Waals surface area contributed by atoms with Gasteiger partial charge in [-0.1, -0.05) is 0 Å². The molecule has 168 valence electrons. The predicted molar refractivity (Wildman–Crippen MR) is 110 cm³/mol. The van der Waals surface area contributed by atoms with Crippen molar-refractivity contribution >= 4 is 33.4 Å². The lowest BCUT2D eigenvalue weighted by Gasteiger charge is -2.08. The Morgan fingerprint density at radius 2 is 1.88 bits per heavy atom. The average Bonchev–Trinajstić information content (AvgIpc) is 3.39. The number of aryl methyl sites for hydroxylation is 3. The van der Waals surface area contributed by atoms with Crippen LogP contribution in [0.15, 0.2) is 17.6 Å². The van der Waals surface area contributed by atoms with E-state index in [0.29, 0.717) is 16.9 Å². The zero-order valence-corrected chi connectivity index (χ0v) is 17.9. The molecule has 1 N–H and O–H groups in total. The fraction of sp³-hybridized carbons (Fsp3) is 0.316. The Morgan fingerprint density at radius 1 is 1.12 bits per heavy atom. The third-order valence-electron chi connectivity index (χ3n) is 4.72. The summed E-state index contributed by atoms with van der Waals surface area (Å²) in [7, 11) is 1.79. The molecule has 0 fully saturated rings. The van der Waals surface area contributed by atoms with Gasteiger partial charge in [-0.3, -0.25) is 9.48 Å². The quantitative estimate of drug-likeness (QED) is 0.424. The maximum atomic E-state index is 13.5. The van der Waals surface area contributed by atoms with Gasteiger partial charge in [-0.25, -0.2) is 32.2 Å². The third-order valence-corrected chi connectivity index (χ3v) is 5.48. The van der Waals surface area contributed by atoms with E-state index in [0.717, 1.165) is 15.9 Å². The van der Waals surface area contributed by atoms with E-state index in [1.54, 1.807) is 17.1 Å². The summed E-state index contributed by atoms with van der Waals surface area (Å²) in [5, 5.41) is 13.0. The Morgan fingerprint density at radius 3 is 2.50 bits per heavy atom. The van der Waals surface area contributed by atoms with Crippen LogP contribution in [0.2, 0.25) is 0 Å². The summed E-state index contributed by atoms with van der Waals surface area (Å²) in [6, 6.07) is 0.675. The van der Waals surface area contributed by atoms with Crippen LogP contribution >= 0.6 is 11.3 Å². The molecule has 13 heteroatoms. The number of alkyl halides is 4. The molecule has 8 nitrogen and oxygen atoms in total. The molecule has 0 aliphatic rings. The number of thiazole rings is 1. The van der Waals surface area contributed by atoms with Gasteiger partial charge in [0.25, 0.3) is 12.9 Å². The highest BCUT2D eigenvalue weighted by Gasteiger charge is 2.24. The van der Waals surface area contributed by atoms with Gasteiger partial charge in [-0.15, -0.1) is 11.3 Å². The molecule has 0 radical (unpaired) electrons. The molecule has 0 aliphatic carbocycles. The van der Waals surface area contributed by atoms with Gasteiger partial charge >= 0.3 is 0 Å². The second kappa shape index (κ2) is 8.30. The maximum absolute atomic E-state index is 13.5. The average molecular weight is 467 g/mol. The number of carbonyl (C=O) groups is 1. The van der Waals surface area contributed by atoms with E-state index in [2.05, 4.69) is 25.5 Å². The molecule has 4 rings (SSSR count). The minimum Gasteiger partial charge on any atom is -0.300 e. The van der Waals surface area contributed by atoms with Crippen molar-refractivity contribution in [2.75, 3.05) is 5.32 Å². The van der Waals surface area contributed by atoms with E-state index in [9.17, 15) is 22.4 Å². The van der Waals surface area contributed by atoms with E-state index in [-0.39, 0.29) is 16.7 Å². The summed E-state index contributed by atoms with van der Waals surface area (Å²) >= 11 is 1.20. The van der Waals surface area contributed by atoms with E-state index < -0.39 is 36.6 Å². The summed E-state index contributed by atoms with van der Waals surface area (Å²) in [5.74, 6) is -0.555. The number of nitrogens with zero attached hydrogens (tertiary/aromatic N) is 6. The molecule has 4 heterocycles. The molecule has 4 aromatic rings. The number of amides is 1. The normalized spacial score (nSPS) is 11.8. The maximum Gasteiger partial charge on any atom is 0.280 e. The van der Waals surface area contributed by atoms with Gasteiger partial charge in [0.05, 0.1) is 22.5 Å². The number of rotatable bonds is 6. The summed E-state index contributed by atoms with van der Waals surface area (Å²) < 4.78 is 55.9. The van der Waals surface area contributed by atoms with Gasteiger partial charge in [0.1, 0.15) is 12.2 Å². The Kier molecular flexibility index (Phi) is 5.67. The molecule has 4 aromatic heterocycles. The SMILES string of the molecule is Cc1nn(C)cc1-c1csc(NC(=O)Cn2nc(C)c3c(C(F)F)cc(C(F)F)nc32)n1. The zero-order valence-electron chi connectivity index (χ0n) is 17.1. The summed E-state index contributed by atoms with van der Waals surface area (Å²) in [5.41, 5.74) is 0.820. The molecule has 0 atom stereocenters.